The first-order valence-electron chi connectivity index (χ1n) is 4.70. The van der Waals surface area contributed by atoms with Gasteiger partial charge in [0.15, 0.2) is 0 Å². The molecule has 1 nitrogen and oxygen atoms in total. The molecule has 1 aromatic heterocycles. The summed E-state index contributed by atoms with van der Waals surface area (Å²) in [4.78, 5) is 0. The minimum absolute atomic E-state index is 0.965. The Morgan fingerprint density at radius 3 is 2.62 bits per heavy atom. The lowest BCUT2D eigenvalue weighted by molar-refractivity contribution is 0.557. The van der Waals surface area contributed by atoms with Gasteiger partial charge in [0.25, 0.3) is 0 Å². The predicted octanol–water partition coefficient (Wildman–Crippen LogP) is 3.61. The molecule has 1 heterocycles. The molecule has 0 aliphatic heterocycles. The van der Waals surface area contributed by atoms with Gasteiger partial charge in [0.1, 0.15) is 11.3 Å². The Morgan fingerprint density at radius 2 is 1.92 bits per heavy atom. The van der Waals surface area contributed by atoms with Crippen molar-refractivity contribution < 1.29 is 4.42 Å². The molecule has 2 aromatic rings. The smallest absolute Gasteiger partial charge is 0.134 e. The lowest BCUT2D eigenvalue weighted by Gasteiger charge is -1.96. The highest BCUT2D eigenvalue weighted by Gasteiger charge is 2.04. The monoisotopic (exact) mass is 174 g/mol. The van der Waals surface area contributed by atoms with Gasteiger partial charge in [-0.15, -0.1) is 0 Å². The van der Waals surface area contributed by atoms with E-state index >= 15 is 0 Å². The molecule has 0 bridgehead atoms. The highest BCUT2D eigenvalue weighted by atomic mass is 16.3. The molecule has 1 aromatic carbocycles. The second-order valence-corrected chi connectivity index (χ2v) is 3.56. The highest BCUT2D eigenvalue weighted by Crippen LogP contribution is 2.24. The molecule has 0 saturated carbocycles. The fraction of sp³-hybridized carbons (Fsp3) is 0.333. The number of hydrogen-bond acceptors (Lipinski definition) is 1. The molecule has 0 radical (unpaired) electrons. The molecule has 0 aliphatic carbocycles. The first kappa shape index (κ1) is 8.36. The van der Waals surface area contributed by atoms with Gasteiger partial charge < -0.3 is 4.42 Å². The van der Waals surface area contributed by atoms with Crippen molar-refractivity contribution in [3.8, 4) is 0 Å². The molecule has 0 fully saturated rings. The molecule has 1 heteroatoms. The van der Waals surface area contributed by atoms with Gasteiger partial charge in [0.05, 0.1) is 0 Å². The van der Waals surface area contributed by atoms with Gasteiger partial charge in [-0.25, -0.2) is 0 Å². The molecule has 13 heavy (non-hydrogen) atoms. The average molecular weight is 174 g/mol. The third kappa shape index (κ3) is 1.35. The fourth-order valence-corrected chi connectivity index (χ4v) is 1.72. The molecular weight excluding hydrogens is 160 g/mol. The summed E-state index contributed by atoms with van der Waals surface area (Å²) in [6, 6.07) is 6.43. The zero-order valence-corrected chi connectivity index (χ0v) is 8.35. The van der Waals surface area contributed by atoms with E-state index in [0.717, 1.165) is 17.8 Å². The minimum atomic E-state index is 0.965. The molecule has 0 aliphatic rings. The Labute approximate surface area is 78.4 Å². The van der Waals surface area contributed by atoms with Gasteiger partial charge in [-0.05, 0) is 37.1 Å². The summed E-state index contributed by atoms with van der Waals surface area (Å²) in [6.07, 6.45) is 0.965. The van der Waals surface area contributed by atoms with E-state index in [1.807, 2.05) is 0 Å². The largest absolute Gasteiger partial charge is 0.461 e. The summed E-state index contributed by atoms with van der Waals surface area (Å²) in [5.74, 6) is 1.07. The summed E-state index contributed by atoms with van der Waals surface area (Å²) in [5.41, 5.74) is 3.59. The summed E-state index contributed by atoms with van der Waals surface area (Å²) in [5, 5.41) is 1.25. The van der Waals surface area contributed by atoms with Crippen LogP contribution in [0.2, 0.25) is 0 Å². The number of aryl methyl sites for hydroxylation is 3. The van der Waals surface area contributed by atoms with E-state index in [-0.39, 0.29) is 0 Å². The predicted molar refractivity (Wildman–Crippen MR) is 55.1 cm³/mol. The van der Waals surface area contributed by atoms with Gasteiger partial charge >= 0.3 is 0 Å². The van der Waals surface area contributed by atoms with Crippen molar-refractivity contribution in [3.63, 3.8) is 0 Å². The average Bonchev–Trinajstić information content (AvgIpc) is 2.47. The van der Waals surface area contributed by atoms with Crippen LogP contribution < -0.4 is 0 Å². The molecule has 0 amide bonds. The van der Waals surface area contributed by atoms with Crippen LogP contribution in [0.5, 0.6) is 0 Å². The number of hydrogen-bond donors (Lipinski definition) is 0. The molecule has 0 atom stereocenters. The van der Waals surface area contributed by atoms with E-state index in [4.69, 9.17) is 4.42 Å². The Kier molecular flexibility index (Phi) is 1.87. The van der Waals surface area contributed by atoms with E-state index in [1.54, 1.807) is 0 Å². The van der Waals surface area contributed by atoms with Gasteiger partial charge in [-0.2, -0.15) is 0 Å². The van der Waals surface area contributed by atoms with E-state index in [0.29, 0.717) is 0 Å². The van der Waals surface area contributed by atoms with Crippen LogP contribution in [0.4, 0.5) is 0 Å². The summed E-state index contributed by atoms with van der Waals surface area (Å²) in [6.45, 7) is 6.34. The van der Waals surface area contributed by atoms with Gasteiger partial charge in [0.2, 0.25) is 0 Å². The van der Waals surface area contributed by atoms with E-state index in [9.17, 15) is 0 Å². The SMILES string of the molecule is CCc1cc2c(C)cc(C)cc2o1. The van der Waals surface area contributed by atoms with Crippen LogP contribution in [0, 0.1) is 13.8 Å². The van der Waals surface area contributed by atoms with E-state index in [2.05, 4.69) is 39.0 Å². The van der Waals surface area contributed by atoms with Crippen molar-refractivity contribution in [2.45, 2.75) is 27.2 Å². The Bertz CT molecular complexity index is 438. The zero-order valence-electron chi connectivity index (χ0n) is 8.35. The van der Waals surface area contributed by atoms with Gasteiger partial charge in [-0.1, -0.05) is 13.0 Å². The van der Waals surface area contributed by atoms with Crippen molar-refractivity contribution in [2.75, 3.05) is 0 Å². The Morgan fingerprint density at radius 1 is 1.15 bits per heavy atom. The maximum Gasteiger partial charge on any atom is 0.134 e. The van der Waals surface area contributed by atoms with Gasteiger partial charge in [-0.3, -0.25) is 0 Å². The first-order chi connectivity index (χ1) is 6.20. The van der Waals surface area contributed by atoms with Crippen LogP contribution in [0.3, 0.4) is 0 Å². The lowest BCUT2D eigenvalue weighted by atomic mass is 10.1. The summed E-state index contributed by atoms with van der Waals surface area (Å²) >= 11 is 0. The van der Waals surface area contributed by atoms with Crippen LogP contribution in [-0.4, -0.2) is 0 Å². The second-order valence-electron chi connectivity index (χ2n) is 3.56. The normalized spacial score (nSPS) is 11.0. The number of furan rings is 1. The van der Waals surface area contributed by atoms with E-state index in [1.165, 1.54) is 16.5 Å². The first-order valence-corrected chi connectivity index (χ1v) is 4.70. The van der Waals surface area contributed by atoms with Crippen molar-refractivity contribution in [3.05, 3.63) is 35.1 Å². The minimum Gasteiger partial charge on any atom is -0.461 e. The van der Waals surface area contributed by atoms with Crippen molar-refractivity contribution >= 4 is 11.0 Å². The van der Waals surface area contributed by atoms with Crippen LogP contribution in [0.1, 0.15) is 23.8 Å². The maximum atomic E-state index is 5.68. The molecule has 0 N–H and O–H groups in total. The van der Waals surface area contributed by atoms with Crippen LogP contribution in [0.15, 0.2) is 22.6 Å². The zero-order chi connectivity index (χ0) is 9.42. The lowest BCUT2D eigenvalue weighted by Crippen LogP contribution is -1.76. The molecular formula is C12H14O. The van der Waals surface area contributed by atoms with Crippen LogP contribution >= 0.6 is 0 Å². The molecule has 0 saturated heterocycles. The molecule has 68 valence electrons. The summed E-state index contributed by atoms with van der Waals surface area (Å²) < 4.78 is 5.68. The quantitative estimate of drug-likeness (QED) is 0.643. The van der Waals surface area contributed by atoms with Crippen LogP contribution in [0.25, 0.3) is 11.0 Å². The third-order valence-electron chi connectivity index (χ3n) is 2.39. The number of benzene rings is 1. The topological polar surface area (TPSA) is 13.1 Å². The van der Waals surface area contributed by atoms with Crippen molar-refractivity contribution in [1.82, 2.24) is 0 Å². The van der Waals surface area contributed by atoms with E-state index < -0.39 is 0 Å². The molecule has 0 unspecified atom stereocenters. The highest BCUT2D eigenvalue weighted by molar-refractivity contribution is 5.82. The van der Waals surface area contributed by atoms with Crippen molar-refractivity contribution in [2.24, 2.45) is 0 Å². The maximum absolute atomic E-state index is 5.68. The van der Waals surface area contributed by atoms with Crippen LogP contribution in [-0.2, 0) is 6.42 Å². The molecule has 0 spiro atoms. The number of fused-ring (bicyclic) bond motifs is 1. The Hall–Kier alpha value is -1.24. The fourth-order valence-electron chi connectivity index (χ4n) is 1.72. The third-order valence-corrected chi connectivity index (χ3v) is 2.39. The molecule has 2 rings (SSSR count). The van der Waals surface area contributed by atoms with Gasteiger partial charge in [0, 0.05) is 11.8 Å². The Balaban J connectivity index is 2.75. The standard InChI is InChI=1S/C12H14O/c1-4-10-7-11-9(3)5-8(2)6-12(11)13-10/h5-7H,4H2,1-3H3. The van der Waals surface area contributed by atoms with Crippen molar-refractivity contribution in [1.29, 1.82) is 0 Å². The summed E-state index contributed by atoms with van der Waals surface area (Å²) in [7, 11) is 0. The number of rotatable bonds is 1. The second kappa shape index (κ2) is 2.91.